The maximum Gasteiger partial charge on any atom is 0.498 e. The number of aromatic hydroxyl groups is 1. The summed E-state index contributed by atoms with van der Waals surface area (Å²) in [5.41, 5.74) is -0.694. The maximum atomic E-state index is 10.9. The Hall–Kier alpha value is -1.01. The highest BCUT2D eigenvalue weighted by molar-refractivity contribution is 6.67. The lowest BCUT2D eigenvalue weighted by atomic mass is 9.70. The van der Waals surface area contributed by atoms with E-state index in [1.165, 1.54) is 0 Å². The fourth-order valence-corrected chi connectivity index (χ4v) is 2.90. The van der Waals surface area contributed by atoms with Crippen molar-refractivity contribution in [1.29, 1.82) is 0 Å². The number of rotatable bonds is 2. The number of para-hydroxylation sites is 1. The molecule has 136 valence electrons. The summed E-state index contributed by atoms with van der Waals surface area (Å²) in [5.74, 6) is 0.0968. The predicted molar refractivity (Wildman–Crippen MR) is 99.5 cm³/mol. The van der Waals surface area contributed by atoms with Gasteiger partial charge >= 0.3 is 14.2 Å². The molecule has 2 aliphatic heterocycles. The van der Waals surface area contributed by atoms with Crippen LogP contribution in [0, 0.1) is 0 Å². The summed E-state index contributed by atoms with van der Waals surface area (Å²) in [6.07, 6.45) is 0. The fourth-order valence-electron chi connectivity index (χ4n) is 2.90. The summed E-state index contributed by atoms with van der Waals surface area (Å²) in [6.45, 7) is 15.9. The molecule has 2 aliphatic rings. The van der Waals surface area contributed by atoms with Crippen LogP contribution >= 0.6 is 0 Å². The molecule has 2 heterocycles. The number of phenols is 1. The molecule has 0 aromatic heterocycles. The van der Waals surface area contributed by atoms with Gasteiger partial charge in [-0.15, -0.1) is 0 Å². The van der Waals surface area contributed by atoms with Crippen LogP contribution < -0.4 is 10.9 Å². The van der Waals surface area contributed by atoms with E-state index in [2.05, 4.69) is 0 Å². The summed E-state index contributed by atoms with van der Waals surface area (Å²) >= 11 is 0. The Bertz CT molecular complexity index is 598. The molecule has 25 heavy (non-hydrogen) atoms. The first-order chi connectivity index (χ1) is 11.3. The van der Waals surface area contributed by atoms with E-state index in [4.69, 9.17) is 18.6 Å². The van der Waals surface area contributed by atoms with E-state index in [-0.39, 0.29) is 5.75 Å². The molecule has 1 N–H and O–H groups in total. The molecule has 2 saturated heterocycles. The van der Waals surface area contributed by atoms with Gasteiger partial charge in [0.25, 0.3) is 0 Å². The lowest BCUT2D eigenvalue weighted by molar-refractivity contribution is 0.00578. The van der Waals surface area contributed by atoms with Gasteiger partial charge in [0.2, 0.25) is 0 Å². The lowest BCUT2D eigenvalue weighted by Crippen LogP contribution is -2.41. The molecule has 0 atom stereocenters. The van der Waals surface area contributed by atoms with Crippen molar-refractivity contribution in [1.82, 2.24) is 0 Å². The molecular weight excluding hydrogens is 318 g/mol. The molecule has 0 bridgehead atoms. The fraction of sp³-hybridized carbons (Fsp3) is 0.667. The normalized spacial score (nSPS) is 26.2. The van der Waals surface area contributed by atoms with Crippen molar-refractivity contribution < 1.29 is 23.7 Å². The van der Waals surface area contributed by atoms with Crippen LogP contribution in [0.3, 0.4) is 0 Å². The van der Waals surface area contributed by atoms with Crippen molar-refractivity contribution in [2.45, 2.75) is 77.8 Å². The number of phenolic OH excluding ortho intramolecular Hbond substituents is 1. The van der Waals surface area contributed by atoms with E-state index in [0.29, 0.717) is 10.9 Å². The average molecular weight is 346 g/mol. The van der Waals surface area contributed by atoms with Crippen molar-refractivity contribution in [2.24, 2.45) is 0 Å². The molecule has 7 heteroatoms. The van der Waals surface area contributed by atoms with E-state index < -0.39 is 36.6 Å². The van der Waals surface area contributed by atoms with Crippen LogP contribution in [0.15, 0.2) is 18.2 Å². The maximum absolute atomic E-state index is 10.9. The van der Waals surface area contributed by atoms with E-state index in [1.807, 2.05) is 73.6 Å². The Labute approximate surface area is 151 Å². The second kappa shape index (κ2) is 5.49. The largest absolute Gasteiger partial charge is 0.509 e. The van der Waals surface area contributed by atoms with Gasteiger partial charge in [0, 0.05) is 10.9 Å². The van der Waals surface area contributed by atoms with Crippen LogP contribution in [-0.4, -0.2) is 41.7 Å². The summed E-state index contributed by atoms with van der Waals surface area (Å²) < 4.78 is 24.3. The zero-order chi connectivity index (χ0) is 18.8. The highest BCUT2D eigenvalue weighted by atomic mass is 16.7. The third-order valence-electron chi connectivity index (χ3n) is 6.11. The third-order valence-corrected chi connectivity index (χ3v) is 6.11. The van der Waals surface area contributed by atoms with Gasteiger partial charge in [-0.05, 0) is 55.4 Å². The number of benzene rings is 1. The second-order valence-corrected chi connectivity index (χ2v) is 8.96. The Balaban J connectivity index is 1.93. The van der Waals surface area contributed by atoms with Gasteiger partial charge in [-0.1, -0.05) is 18.2 Å². The molecule has 2 fully saturated rings. The monoisotopic (exact) mass is 346 g/mol. The van der Waals surface area contributed by atoms with Crippen LogP contribution in [0.2, 0.25) is 0 Å². The smallest absolute Gasteiger partial charge is 0.498 e. The summed E-state index contributed by atoms with van der Waals surface area (Å²) in [6, 6.07) is 5.49. The Morgan fingerprint density at radius 1 is 0.640 bits per heavy atom. The predicted octanol–water partition coefficient (Wildman–Crippen LogP) is 1.99. The standard InChI is InChI=1S/C18H28B2O5/c1-15(2)16(3,4)23-19(22-15)12-10-9-11-13(14(12)21)20-24-17(5,6)18(7,8)25-20/h9-11,21H,1-8H3. The highest BCUT2D eigenvalue weighted by Gasteiger charge is 2.55. The molecule has 1 aromatic rings. The van der Waals surface area contributed by atoms with E-state index in [0.717, 1.165) is 0 Å². The first kappa shape index (κ1) is 18.8. The van der Waals surface area contributed by atoms with Gasteiger partial charge in [0.15, 0.2) is 0 Å². The highest BCUT2D eigenvalue weighted by Crippen LogP contribution is 2.38. The Kier molecular flexibility index (Phi) is 4.12. The van der Waals surface area contributed by atoms with E-state index in [9.17, 15) is 5.11 Å². The van der Waals surface area contributed by atoms with Crippen molar-refractivity contribution in [3.63, 3.8) is 0 Å². The molecule has 0 spiro atoms. The zero-order valence-corrected chi connectivity index (χ0v) is 16.5. The second-order valence-electron chi connectivity index (χ2n) is 8.96. The Morgan fingerprint density at radius 2 is 0.920 bits per heavy atom. The topological polar surface area (TPSA) is 57.2 Å². The molecule has 0 amide bonds. The number of hydrogen-bond donors (Lipinski definition) is 1. The van der Waals surface area contributed by atoms with Gasteiger partial charge in [0.05, 0.1) is 22.4 Å². The molecule has 0 aliphatic carbocycles. The van der Waals surface area contributed by atoms with Crippen LogP contribution in [0.5, 0.6) is 5.75 Å². The third kappa shape index (κ3) is 2.91. The molecule has 0 saturated carbocycles. The van der Waals surface area contributed by atoms with Gasteiger partial charge in [-0.2, -0.15) is 0 Å². The summed E-state index contributed by atoms with van der Waals surface area (Å²) in [5, 5.41) is 10.9. The molecule has 0 radical (unpaired) electrons. The van der Waals surface area contributed by atoms with Gasteiger partial charge in [-0.3, -0.25) is 0 Å². The van der Waals surface area contributed by atoms with Crippen molar-refractivity contribution in [3.05, 3.63) is 18.2 Å². The van der Waals surface area contributed by atoms with Crippen LogP contribution in [-0.2, 0) is 18.6 Å². The molecular formula is C18H28B2O5. The van der Waals surface area contributed by atoms with E-state index in [1.54, 1.807) is 0 Å². The quantitative estimate of drug-likeness (QED) is 0.831. The van der Waals surface area contributed by atoms with Crippen molar-refractivity contribution in [3.8, 4) is 5.75 Å². The molecule has 1 aromatic carbocycles. The molecule has 0 unspecified atom stereocenters. The first-order valence-corrected chi connectivity index (χ1v) is 8.80. The van der Waals surface area contributed by atoms with Crippen molar-refractivity contribution in [2.75, 3.05) is 0 Å². The molecule has 5 nitrogen and oxygen atoms in total. The lowest BCUT2D eigenvalue weighted by Gasteiger charge is -2.32. The van der Waals surface area contributed by atoms with Gasteiger partial charge in [-0.25, -0.2) is 0 Å². The minimum absolute atomic E-state index is 0.0968. The average Bonchev–Trinajstić information content (AvgIpc) is 2.78. The van der Waals surface area contributed by atoms with Crippen LogP contribution in [0.1, 0.15) is 55.4 Å². The van der Waals surface area contributed by atoms with E-state index >= 15 is 0 Å². The Morgan fingerprint density at radius 3 is 1.20 bits per heavy atom. The minimum Gasteiger partial charge on any atom is -0.509 e. The van der Waals surface area contributed by atoms with Crippen molar-refractivity contribution >= 4 is 25.2 Å². The summed E-state index contributed by atoms with van der Waals surface area (Å²) in [7, 11) is -1.26. The van der Waals surface area contributed by atoms with Gasteiger partial charge in [0.1, 0.15) is 5.75 Å². The van der Waals surface area contributed by atoms with Crippen LogP contribution in [0.25, 0.3) is 0 Å². The SMILES string of the molecule is CC1(C)OB(c2cccc(B3OC(C)(C)C(C)(C)O3)c2O)OC1(C)C. The summed E-state index contributed by atoms with van der Waals surface area (Å²) in [4.78, 5) is 0. The van der Waals surface area contributed by atoms with Gasteiger partial charge < -0.3 is 23.7 Å². The first-order valence-electron chi connectivity index (χ1n) is 8.80. The van der Waals surface area contributed by atoms with Crippen LogP contribution in [0.4, 0.5) is 0 Å². The minimum atomic E-state index is -0.632. The zero-order valence-electron chi connectivity index (χ0n) is 16.5. The number of hydrogen-bond acceptors (Lipinski definition) is 5. The molecule has 3 rings (SSSR count).